The second-order valence-electron chi connectivity index (χ2n) is 5.27. The molecule has 3 nitrogen and oxygen atoms in total. The number of hydrogen-bond donors (Lipinski definition) is 0. The van der Waals surface area contributed by atoms with Crippen LogP contribution in [-0.2, 0) is 14.3 Å². The summed E-state index contributed by atoms with van der Waals surface area (Å²) < 4.78 is 10.6. The van der Waals surface area contributed by atoms with Gasteiger partial charge in [0.1, 0.15) is 12.2 Å². The number of carbonyl (C=O) groups is 1. The first-order chi connectivity index (χ1) is 6.90. The molecule has 1 aliphatic rings. The van der Waals surface area contributed by atoms with E-state index in [1.165, 1.54) is 6.42 Å². The Balaban J connectivity index is 2.08. The standard InChI is InChI=1S/C12H22O3/c1-5-9-6-10(7-9)14-8-11(13)15-12(2,3)4/h9-10H,5-8H2,1-4H3. The minimum Gasteiger partial charge on any atom is -0.458 e. The molecule has 0 heterocycles. The molecular formula is C12H22O3. The van der Waals surface area contributed by atoms with Crippen LogP contribution in [0.25, 0.3) is 0 Å². The van der Waals surface area contributed by atoms with Gasteiger partial charge in [-0.15, -0.1) is 0 Å². The first-order valence-corrected chi connectivity index (χ1v) is 5.74. The van der Waals surface area contributed by atoms with E-state index >= 15 is 0 Å². The molecular weight excluding hydrogens is 192 g/mol. The monoisotopic (exact) mass is 214 g/mol. The van der Waals surface area contributed by atoms with Gasteiger partial charge in [-0.25, -0.2) is 4.79 Å². The van der Waals surface area contributed by atoms with Crippen LogP contribution in [0.5, 0.6) is 0 Å². The second-order valence-corrected chi connectivity index (χ2v) is 5.27. The Hall–Kier alpha value is -0.570. The quantitative estimate of drug-likeness (QED) is 0.675. The molecule has 0 saturated heterocycles. The summed E-state index contributed by atoms with van der Waals surface area (Å²) >= 11 is 0. The van der Waals surface area contributed by atoms with Gasteiger partial charge in [0.05, 0.1) is 6.10 Å². The van der Waals surface area contributed by atoms with Gasteiger partial charge in [-0.05, 0) is 39.5 Å². The molecule has 88 valence electrons. The molecule has 0 unspecified atom stereocenters. The Morgan fingerprint density at radius 1 is 1.33 bits per heavy atom. The summed E-state index contributed by atoms with van der Waals surface area (Å²) in [5, 5.41) is 0. The Kier molecular flexibility index (Phi) is 4.14. The maximum absolute atomic E-state index is 11.3. The molecule has 0 aromatic carbocycles. The topological polar surface area (TPSA) is 35.5 Å². The first-order valence-electron chi connectivity index (χ1n) is 5.74. The molecule has 0 bridgehead atoms. The molecule has 1 aliphatic carbocycles. The highest BCUT2D eigenvalue weighted by Gasteiger charge is 2.29. The maximum atomic E-state index is 11.3. The van der Waals surface area contributed by atoms with E-state index in [1.54, 1.807) is 0 Å². The smallest absolute Gasteiger partial charge is 0.332 e. The van der Waals surface area contributed by atoms with Gasteiger partial charge in [0, 0.05) is 0 Å². The SMILES string of the molecule is CCC1CC(OCC(=O)OC(C)(C)C)C1. The number of rotatable bonds is 4. The number of carbonyl (C=O) groups excluding carboxylic acids is 1. The van der Waals surface area contributed by atoms with Gasteiger partial charge >= 0.3 is 5.97 Å². The molecule has 15 heavy (non-hydrogen) atoms. The molecule has 1 fully saturated rings. The third kappa shape index (κ3) is 4.65. The van der Waals surface area contributed by atoms with Gasteiger partial charge in [-0.3, -0.25) is 0 Å². The van der Waals surface area contributed by atoms with E-state index in [2.05, 4.69) is 6.92 Å². The van der Waals surface area contributed by atoms with Crippen LogP contribution in [0, 0.1) is 5.92 Å². The molecule has 1 saturated carbocycles. The van der Waals surface area contributed by atoms with Crippen molar-refractivity contribution in [2.24, 2.45) is 5.92 Å². The Morgan fingerprint density at radius 3 is 2.40 bits per heavy atom. The van der Waals surface area contributed by atoms with Gasteiger partial charge in [-0.1, -0.05) is 13.3 Å². The number of ether oxygens (including phenoxy) is 2. The van der Waals surface area contributed by atoms with Crippen molar-refractivity contribution in [1.82, 2.24) is 0 Å². The molecule has 0 radical (unpaired) electrons. The molecule has 0 amide bonds. The van der Waals surface area contributed by atoms with Gasteiger partial charge in [-0.2, -0.15) is 0 Å². The van der Waals surface area contributed by atoms with Crippen molar-refractivity contribution in [3.8, 4) is 0 Å². The van der Waals surface area contributed by atoms with Gasteiger partial charge in [0.25, 0.3) is 0 Å². The molecule has 0 aromatic heterocycles. The predicted octanol–water partition coefficient (Wildman–Crippen LogP) is 2.53. The molecule has 0 spiro atoms. The molecule has 0 aromatic rings. The van der Waals surface area contributed by atoms with Crippen molar-refractivity contribution >= 4 is 5.97 Å². The largest absolute Gasteiger partial charge is 0.458 e. The average Bonchev–Trinajstić information content (AvgIpc) is 1.98. The summed E-state index contributed by atoms with van der Waals surface area (Å²) in [6, 6.07) is 0. The fraction of sp³-hybridized carbons (Fsp3) is 0.917. The van der Waals surface area contributed by atoms with Crippen LogP contribution in [0.1, 0.15) is 47.0 Å². The lowest BCUT2D eigenvalue weighted by Gasteiger charge is -2.34. The average molecular weight is 214 g/mol. The van der Waals surface area contributed by atoms with Crippen molar-refractivity contribution < 1.29 is 14.3 Å². The maximum Gasteiger partial charge on any atom is 0.332 e. The Labute approximate surface area is 92.1 Å². The zero-order chi connectivity index (χ0) is 11.5. The zero-order valence-electron chi connectivity index (χ0n) is 10.2. The minimum atomic E-state index is -0.411. The first kappa shape index (κ1) is 12.5. The molecule has 1 rings (SSSR count). The molecule has 0 atom stereocenters. The van der Waals surface area contributed by atoms with Crippen molar-refractivity contribution in [3.63, 3.8) is 0 Å². The van der Waals surface area contributed by atoms with E-state index in [9.17, 15) is 4.79 Å². The fourth-order valence-electron chi connectivity index (χ4n) is 1.70. The van der Waals surface area contributed by atoms with E-state index < -0.39 is 5.60 Å². The van der Waals surface area contributed by atoms with Crippen molar-refractivity contribution in [2.45, 2.75) is 58.7 Å². The highest BCUT2D eigenvalue weighted by molar-refractivity contribution is 5.71. The van der Waals surface area contributed by atoms with Crippen LogP contribution >= 0.6 is 0 Å². The lowest BCUT2D eigenvalue weighted by atomic mass is 9.80. The molecule has 0 N–H and O–H groups in total. The van der Waals surface area contributed by atoms with Gasteiger partial charge in [0.15, 0.2) is 0 Å². The fourth-order valence-corrected chi connectivity index (χ4v) is 1.70. The van der Waals surface area contributed by atoms with Crippen LogP contribution in [0.3, 0.4) is 0 Å². The summed E-state index contributed by atoms with van der Waals surface area (Å²) in [6.07, 6.45) is 3.69. The summed E-state index contributed by atoms with van der Waals surface area (Å²) in [5.41, 5.74) is -0.411. The van der Waals surface area contributed by atoms with Crippen LogP contribution in [0.2, 0.25) is 0 Å². The lowest BCUT2D eigenvalue weighted by molar-refractivity contribution is -0.165. The number of hydrogen-bond acceptors (Lipinski definition) is 3. The third-order valence-corrected chi connectivity index (χ3v) is 2.63. The van der Waals surface area contributed by atoms with Crippen LogP contribution in [0.15, 0.2) is 0 Å². The van der Waals surface area contributed by atoms with E-state index in [0.717, 1.165) is 18.8 Å². The van der Waals surface area contributed by atoms with E-state index in [4.69, 9.17) is 9.47 Å². The highest BCUT2D eigenvalue weighted by Crippen LogP contribution is 2.32. The van der Waals surface area contributed by atoms with Gasteiger partial charge < -0.3 is 9.47 Å². The predicted molar refractivity (Wildman–Crippen MR) is 58.6 cm³/mol. The summed E-state index contributed by atoms with van der Waals surface area (Å²) in [4.78, 5) is 11.3. The normalized spacial score (nSPS) is 25.9. The minimum absolute atomic E-state index is 0.0956. The summed E-state index contributed by atoms with van der Waals surface area (Å²) in [5.74, 6) is 0.538. The highest BCUT2D eigenvalue weighted by atomic mass is 16.6. The summed E-state index contributed by atoms with van der Waals surface area (Å²) in [7, 11) is 0. The summed E-state index contributed by atoms with van der Waals surface area (Å²) in [6.45, 7) is 7.87. The molecule has 0 aliphatic heterocycles. The van der Waals surface area contributed by atoms with Crippen LogP contribution < -0.4 is 0 Å². The van der Waals surface area contributed by atoms with Crippen LogP contribution in [0.4, 0.5) is 0 Å². The van der Waals surface area contributed by atoms with E-state index in [-0.39, 0.29) is 18.7 Å². The van der Waals surface area contributed by atoms with E-state index in [1.807, 2.05) is 20.8 Å². The Morgan fingerprint density at radius 2 is 1.93 bits per heavy atom. The third-order valence-electron chi connectivity index (χ3n) is 2.63. The van der Waals surface area contributed by atoms with Gasteiger partial charge in [0.2, 0.25) is 0 Å². The zero-order valence-corrected chi connectivity index (χ0v) is 10.2. The number of esters is 1. The lowest BCUT2D eigenvalue weighted by Crippen LogP contribution is -2.34. The van der Waals surface area contributed by atoms with Crippen molar-refractivity contribution in [3.05, 3.63) is 0 Å². The van der Waals surface area contributed by atoms with Crippen molar-refractivity contribution in [1.29, 1.82) is 0 Å². The van der Waals surface area contributed by atoms with E-state index in [0.29, 0.717) is 0 Å². The van der Waals surface area contributed by atoms with Crippen molar-refractivity contribution in [2.75, 3.05) is 6.61 Å². The second kappa shape index (κ2) is 4.97. The Bertz CT molecular complexity index is 211. The van der Waals surface area contributed by atoms with Crippen LogP contribution in [-0.4, -0.2) is 24.3 Å². The molecule has 3 heteroatoms.